The van der Waals surface area contributed by atoms with Gasteiger partial charge in [-0.2, -0.15) is 0 Å². The average molecular weight is 291 g/mol. The van der Waals surface area contributed by atoms with Crippen LogP contribution in [0.5, 0.6) is 11.6 Å². The van der Waals surface area contributed by atoms with Crippen LogP contribution in [0.1, 0.15) is 24.5 Å². The molecular weight excluding hydrogens is 272 g/mol. The summed E-state index contributed by atoms with van der Waals surface area (Å²) in [4.78, 5) is 4.31. The maximum absolute atomic E-state index is 6.02. The Labute approximate surface area is 124 Å². The monoisotopic (exact) mass is 290 g/mol. The Morgan fingerprint density at radius 2 is 2.15 bits per heavy atom. The molecular formula is C16H19ClN2O. The van der Waals surface area contributed by atoms with Gasteiger partial charge in [0.25, 0.3) is 0 Å². The molecule has 1 heterocycles. The van der Waals surface area contributed by atoms with Crippen molar-refractivity contribution < 1.29 is 4.74 Å². The quantitative estimate of drug-likeness (QED) is 0.901. The van der Waals surface area contributed by atoms with Gasteiger partial charge in [-0.3, -0.25) is 0 Å². The molecule has 1 aromatic heterocycles. The van der Waals surface area contributed by atoms with Crippen molar-refractivity contribution in [2.45, 2.75) is 32.7 Å². The Morgan fingerprint density at radius 3 is 2.90 bits per heavy atom. The van der Waals surface area contributed by atoms with Crippen molar-refractivity contribution in [3.63, 3.8) is 0 Å². The molecule has 2 N–H and O–H groups in total. The molecule has 0 fully saturated rings. The average Bonchev–Trinajstić information content (AvgIpc) is 2.44. The number of ether oxygens (including phenoxy) is 1. The molecule has 0 amide bonds. The molecule has 0 saturated carbocycles. The van der Waals surface area contributed by atoms with E-state index in [0.29, 0.717) is 10.9 Å². The van der Waals surface area contributed by atoms with Gasteiger partial charge in [-0.05, 0) is 43.5 Å². The van der Waals surface area contributed by atoms with Gasteiger partial charge < -0.3 is 10.5 Å². The van der Waals surface area contributed by atoms with Gasteiger partial charge in [0.15, 0.2) is 0 Å². The Balaban J connectivity index is 2.27. The number of hydrogen-bond acceptors (Lipinski definition) is 3. The van der Waals surface area contributed by atoms with Crippen molar-refractivity contribution in [1.82, 2.24) is 4.98 Å². The summed E-state index contributed by atoms with van der Waals surface area (Å²) in [6.45, 7) is 4.05. The lowest BCUT2D eigenvalue weighted by Gasteiger charge is -2.14. The number of halogens is 1. The zero-order valence-electron chi connectivity index (χ0n) is 11.8. The zero-order chi connectivity index (χ0) is 14.5. The Morgan fingerprint density at radius 1 is 1.35 bits per heavy atom. The molecule has 0 spiro atoms. The fourth-order valence-electron chi connectivity index (χ4n) is 1.89. The number of hydrogen-bond donors (Lipinski definition) is 1. The predicted molar refractivity (Wildman–Crippen MR) is 82.5 cm³/mol. The van der Waals surface area contributed by atoms with E-state index in [4.69, 9.17) is 22.1 Å². The first-order valence-electron chi connectivity index (χ1n) is 6.73. The maximum Gasteiger partial charge on any atom is 0.222 e. The van der Waals surface area contributed by atoms with Crippen molar-refractivity contribution >= 4 is 11.6 Å². The highest BCUT2D eigenvalue weighted by Crippen LogP contribution is 2.29. The highest BCUT2D eigenvalue weighted by Gasteiger charge is 2.11. The zero-order valence-corrected chi connectivity index (χ0v) is 12.5. The summed E-state index contributed by atoms with van der Waals surface area (Å²) in [5.74, 6) is 1.32. The third-order valence-corrected chi connectivity index (χ3v) is 3.45. The first kappa shape index (κ1) is 14.8. The van der Waals surface area contributed by atoms with Crippen LogP contribution in [0.15, 0.2) is 36.5 Å². The standard InChI is InChI=1S/C16H19ClN2O/c1-3-14(18)9-12-5-4-8-19-16(12)20-15-10-13(17)7-6-11(15)2/h4-8,10,14H,3,9,18H2,1-2H3. The smallest absolute Gasteiger partial charge is 0.222 e. The first-order valence-corrected chi connectivity index (χ1v) is 7.11. The van der Waals surface area contributed by atoms with Crippen LogP contribution >= 0.6 is 11.6 Å². The van der Waals surface area contributed by atoms with Gasteiger partial charge in [-0.15, -0.1) is 0 Å². The molecule has 106 valence electrons. The molecule has 0 aliphatic carbocycles. The molecule has 0 aliphatic heterocycles. The van der Waals surface area contributed by atoms with Gasteiger partial charge in [-0.25, -0.2) is 4.98 Å². The van der Waals surface area contributed by atoms with E-state index < -0.39 is 0 Å². The van der Waals surface area contributed by atoms with Crippen LogP contribution in [0.2, 0.25) is 5.02 Å². The van der Waals surface area contributed by atoms with Crippen LogP contribution in [0.3, 0.4) is 0 Å². The summed E-state index contributed by atoms with van der Waals surface area (Å²) >= 11 is 6.01. The van der Waals surface area contributed by atoms with Crippen molar-refractivity contribution in [2.24, 2.45) is 5.73 Å². The lowest BCUT2D eigenvalue weighted by Crippen LogP contribution is -2.21. The number of pyridine rings is 1. The molecule has 1 aromatic carbocycles. The SMILES string of the molecule is CCC(N)Cc1cccnc1Oc1cc(Cl)ccc1C. The van der Waals surface area contributed by atoms with E-state index in [1.54, 1.807) is 12.3 Å². The van der Waals surface area contributed by atoms with Gasteiger partial charge in [0.2, 0.25) is 5.88 Å². The van der Waals surface area contributed by atoms with Crippen LogP contribution in [0.25, 0.3) is 0 Å². The number of aromatic nitrogens is 1. The number of nitrogens with two attached hydrogens (primary N) is 1. The Bertz CT molecular complexity index is 586. The van der Waals surface area contributed by atoms with Crippen LogP contribution < -0.4 is 10.5 Å². The Hall–Kier alpha value is -1.58. The lowest BCUT2D eigenvalue weighted by molar-refractivity contribution is 0.449. The van der Waals surface area contributed by atoms with Crippen LogP contribution in [-0.2, 0) is 6.42 Å². The summed E-state index contributed by atoms with van der Waals surface area (Å²) in [5.41, 5.74) is 8.05. The van der Waals surface area contributed by atoms with Crippen molar-refractivity contribution in [3.05, 3.63) is 52.7 Å². The van der Waals surface area contributed by atoms with Gasteiger partial charge in [0, 0.05) is 22.8 Å². The summed E-state index contributed by atoms with van der Waals surface area (Å²) in [6, 6.07) is 9.58. The molecule has 3 nitrogen and oxygen atoms in total. The second-order valence-electron chi connectivity index (χ2n) is 4.85. The summed E-state index contributed by atoms with van der Waals surface area (Å²) in [7, 11) is 0. The minimum atomic E-state index is 0.113. The fourth-order valence-corrected chi connectivity index (χ4v) is 2.05. The van der Waals surface area contributed by atoms with E-state index in [2.05, 4.69) is 11.9 Å². The second kappa shape index (κ2) is 6.73. The van der Waals surface area contributed by atoms with E-state index >= 15 is 0 Å². The van der Waals surface area contributed by atoms with E-state index in [-0.39, 0.29) is 6.04 Å². The van der Waals surface area contributed by atoms with Crippen LogP contribution in [0.4, 0.5) is 0 Å². The van der Waals surface area contributed by atoms with Crippen molar-refractivity contribution in [1.29, 1.82) is 0 Å². The molecule has 2 rings (SSSR count). The Kier molecular flexibility index (Phi) is 4.99. The highest BCUT2D eigenvalue weighted by molar-refractivity contribution is 6.30. The topological polar surface area (TPSA) is 48.1 Å². The molecule has 1 unspecified atom stereocenters. The third kappa shape index (κ3) is 3.71. The third-order valence-electron chi connectivity index (χ3n) is 3.21. The van der Waals surface area contributed by atoms with E-state index in [1.807, 2.05) is 31.2 Å². The first-order chi connectivity index (χ1) is 9.60. The molecule has 1 atom stereocenters. The second-order valence-corrected chi connectivity index (χ2v) is 5.29. The molecule has 20 heavy (non-hydrogen) atoms. The van der Waals surface area contributed by atoms with Gasteiger partial charge in [0.05, 0.1) is 0 Å². The number of benzene rings is 1. The summed E-state index contributed by atoms with van der Waals surface area (Å²) < 4.78 is 5.92. The molecule has 4 heteroatoms. The molecule has 0 saturated heterocycles. The largest absolute Gasteiger partial charge is 0.438 e. The normalized spacial score (nSPS) is 12.2. The van der Waals surface area contributed by atoms with Gasteiger partial charge >= 0.3 is 0 Å². The number of aryl methyl sites for hydroxylation is 1. The van der Waals surface area contributed by atoms with Crippen LogP contribution in [0, 0.1) is 6.92 Å². The van der Waals surface area contributed by atoms with E-state index in [0.717, 1.165) is 29.7 Å². The number of rotatable bonds is 5. The van der Waals surface area contributed by atoms with E-state index in [1.165, 1.54) is 0 Å². The minimum absolute atomic E-state index is 0.113. The molecule has 0 aliphatic rings. The number of nitrogens with zero attached hydrogens (tertiary/aromatic N) is 1. The van der Waals surface area contributed by atoms with E-state index in [9.17, 15) is 0 Å². The molecule has 0 radical (unpaired) electrons. The predicted octanol–water partition coefficient (Wildman–Crippen LogP) is 4.12. The highest BCUT2D eigenvalue weighted by atomic mass is 35.5. The fraction of sp³-hybridized carbons (Fsp3) is 0.312. The van der Waals surface area contributed by atoms with Gasteiger partial charge in [0.1, 0.15) is 5.75 Å². The lowest BCUT2D eigenvalue weighted by atomic mass is 10.1. The van der Waals surface area contributed by atoms with Gasteiger partial charge in [-0.1, -0.05) is 30.7 Å². The van der Waals surface area contributed by atoms with Crippen molar-refractivity contribution in [3.8, 4) is 11.6 Å². The molecule has 2 aromatic rings. The van der Waals surface area contributed by atoms with Crippen LogP contribution in [-0.4, -0.2) is 11.0 Å². The summed E-state index contributed by atoms with van der Waals surface area (Å²) in [5, 5.41) is 0.647. The van der Waals surface area contributed by atoms with Crippen molar-refractivity contribution in [2.75, 3.05) is 0 Å². The maximum atomic E-state index is 6.02. The molecule has 0 bridgehead atoms. The minimum Gasteiger partial charge on any atom is -0.438 e. The summed E-state index contributed by atoms with van der Waals surface area (Å²) in [6.07, 6.45) is 3.39.